The van der Waals surface area contributed by atoms with Crippen LogP contribution < -0.4 is 4.74 Å². The zero-order valence-corrected chi connectivity index (χ0v) is 9.81. The lowest BCUT2D eigenvalue weighted by Crippen LogP contribution is -1.84. The van der Waals surface area contributed by atoms with E-state index in [4.69, 9.17) is 16.3 Å². The number of ether oxygens (including phenoxy) is 1. The molecular formula is C11H10ClNOS. The van der Waals surface area contributed by atoms with E-state index < -0.39 is 0 Å². The predicted molar refractivity (Wildman–Crippen MR) is 63.0 cm³/mol. The largest absolute Gasteiger partial charge is 0.431 e. The molecule has 1 heterocycles. The lowest BCUT2D eigenvalue weighted by molar-refractivity contribution is 0.477. The highest BCUT2D eigenvalue weighted by atomic mass is 35.5. The molecule has 2 nitrogen and oxygen atoms in total. The molecule has 15 heavy (non-hydrogen) atoms. The molecule has 2 aromatic rings. The van der Waals surface area contributed by atoms with Crippen LogP contribution in [0.1, 0.15) is 12.6 Å². The molecule has 0 saturated carbocycles. The highest BCUT2D eigenvalue weighted by Gasteiger charge is 2.02. The Morgan fingerprint density at radius 3 is 3.00 bits per heavy atom. The Labute approximate surface area is 97.5 Å². The second-order valence-corrected chi connectivity index (χ2v) is 4.27. The minimum atomic E-state index is 0.661. The second kappa shape index (κ2) is 4.64. The molecule has 0 saturated heterocycles. The van der Waals surface area contributed by atoms with Crippen molar-refractivity contribution in [2.75, 3.05) is 0 Å². The van der Waals surface area contributed by atoms with Crippen LogP contribution in [0.2, 0.25) is 5.02 Å². The average molecular weight is 240 g/mol. The van der Waals surface area contributed by atoms with Crippen molar-refractivity contribution >= 4 is 22.9 Å². The maximum absolute atomic E-state index is 5.85. The van der Waals surface area contributed by atoms with Crippen LogP contribution in [0.4, 0.5) is 0 Å². The van der Waals surface area contributed by atoms with Crippen molar-refractivity contribution in [1.29, 1.82) is 0 Å². The van der Waals surface area contributed by atoms with Crippen molar-refractivity contribution in [3.05, 3.63) is 40.4 Å². The van der Waals surface area contributed by atoms with E-state index >= 15 is 0 Å². The van der Waals surface area contributed by atoms with Gasteiger partial charge in [-0.15, -0.1) is 0 Å². The van der Waals surface area contributed by atoms with Gasteiger partial charge in [0.15, 0.2) is 0 Å². The number of hydrogen-bond acceptors (Lipinski definition) is 3. The van der Waals surface area contributed by atoms with Gasteiger partial charge in [0.2, 0.25) is 0 Å². The molecule has 0 atom stereocenters. The van der Waals surface area contributed by atoms with Gasteiger partial charge in [-0.1, -0.05) is 35.9 Å². The smallest absolute Gasteiger partial charge is 0.278 e. The van der Waals surface area contributed by atoms with E-state index in [1.165, 1.54) is 11.3 Å². The maximum Gasteiger partial charge on any atom is 0.278 e. The van der Waals surface area contributed by atoms with Gasteiger partial charge in [-0.3, -0.25) is 0 Å². The first-order chi connectivity index (χ1) is 7.28. The standard InChI is InChI=1S/C11H10ClNOS/c1-2-9-7-15-11(13-9)14-10-5-3-4-8(12)6-10/h3-7H,2H2,1H3. The molecule has 0 aliphatic carbocycles. The molecular weight excluding hydrogens is 230 g/mol. The van der Waals surface area contributed by atoms with Gasteiger partial charge >= 0.3 is 0 Å². The summed E-state index contributed by atoms with van der Waals surface area (Å²) in [7, 11) is 0. The minimum absolute atomic E-state index is 0.661. The summed E-state index contributed by atoms with van der Waals surface area (Å²) >= 11 is 7.34. The Bertz CT molecular complexity index is 455. The van der Waals surface area contributed by atoms with Crippen molar-refractivity contribution in [1.82, 2.24) is 4.98 Å². The third-order valence-corrected chi connectivity index (χ3v) is 2.90. The summed E-state index contributed by atoms with van der Waals surface area (Å²) < 4.78 is 5.56. The molecule has 0 fully saturated rings. The van der Waals surface area contributed by atoms with E-state index in [0.29, 0.717) is 10.2 Å². The van der Waals surface area contributed by atoms with Gasteiger partial charge in [-0.25, -0.2) is 4.98 Å². The number of benzene rings is 1. The molecule has 1 aromatic heterocycles. The van der Waals surface area contributed by atoms with Crippen molar-refractivity contribution in [2.24, 2.45) is 0 Å². The summed E-state index contributed by atoms with van der Waals surface area (Å²) in [5, 5.41) is 3.33. The summed E-state index contributed by atoms with van der Waals surface area (Å²) in [5.74, 6) is 0.722. The first-order valence-electron chi connectivity index (χ1n) is 4.65. The van der Waals surface area contributed by atoms with Crippen LogP contribution in [0, 0.1) is 0 Å². The third kappa shape index (κ3) is 2.70. The number of hydrogen-bond donors (Lipinski definition) is 0. The Morgan fingerprint density at radius 1 is 1.47 bits per heavy atom. The number of nitrogens with zero attached hydrogens (tertiary/aromatic N) is 1. The zero-order valence-electron chi connectivity index (χ0n) is 8.24. The van der Waals surface area contributed by atoms with E-state index in [0.717, 1.165) is 17.9 Å². The van der Waals surface area contributed by atoms with E-state index in [9.17, 15) is 0 Å². The first kappa shape index (κ1) is 10.5. The minimum Gasteiger partial charge on any atom is -0.431 e. The summed E-state index contributed by atoms with van der Waals surface area (Å²) in [4.78, 5) is 4.31. The zero-order chi connectivity index (χ0) is 10.7. The van der Waals surface area contributed by atoms with Crippen LogP contribution in [0.5, 0.6) is 10.9 Å². The summed E-state index contributed by atoms with van der Waals surface area (Å²) in [5.41, 5.74) is 1.05. The summed E-state index contributed by atoms with van der Waals surface area (Å²) in [6, 6.07) is 7.30. The van der Waals surface area contributed by atoms with Crippen LogP contribution in [-0.4, -0.2) is 4.98 Å². The molecule has 78 valence electrons. The van der Waals surface area contributed by atoms with Gasteiger partial charge in [0.05, 0.1) is 5.69 Å². The van der Waals surface area contributed by atoms with Crippen molar-refractivity contribution in [3.8, 4) is 10.9 Å². The van der Waals surface area contributed by atoms with Gasteiger partial charge in [-0.2, -0.15) is 0 Å². The van der Waals surface area contributed by atoms with E-state index in [1.54, 1.807) is 6.07 Å². The van der Waals surface area contributed by atoms with Gasteiger partial charge in [0.1, 0.15) is 5.75 Å². The Hall–Kier alpha value is -1.06. The van der Waals surface area contributed by atoms with Crippen LogP contribution in [0.25, 0.3) is 0 Å². The number of aryl methyl sites for hydroxylation is 1. The van der Waals surface area contributed by atoms with Gasteiger partial charge in [-0.05, 0) is 24.6 Å². The molecule has 1 aromatic carbocycles. The van der Waals surface area contributed by atoms with Crippen molar-refractivity contribution in [2.45, 2.75) is 13.3 Å². The molecule has 0 aliphatic rings. The van der Waals surface area contributed by atoms with E-state index in [2.05, 4.69) is 11.9 Å². The average Bonchev–Trinajstić information content (AvgIpc) is 2.65. The third-order valence-electron chi connectivity index (χ3n) is 1.89. The quantitative estimate of drug-likeness (QED) is 0.803. The van der Waals surface area contributed by atoms with Crippen LogP contribution in [0.3, 0.4) is 0 Å². The van der Waals surface area contributed by atoms with Crippen molar-refractivity contribution in [3.63, 3.8) is 0 Å². The van der Waals surface area contributed by atoms with Gasteiger partial charge in [0.25, 0.3) is 5.19 Å². The lowest BCUT2D eigenvalue weighted by atomic mass is 10.3. The number of aromatic nitrogens is 1. The van der Waals surface area contributed by atoms with E-state index in [-0.39, 0.29) is 0 Å². The number of rotatable bonds is 3. The molecule has 0 amide bonds. The van der Waals surface area contributed by atoms with Crippen molar-refractivity contribution < 1.29 is 4.74 Å². The Morgan fingerprint density at radius 2 is 2.33 bits per heavy atom. The topological polar surface area (TPSA) is 22.1 Å². The Kier molecular flexibility index (Phi) is 3.23. The molecule has 0 radical (unpaired) electrons. The molecule has 0 bridgehead atoms. The molecule has 0 spiro atoms. The molecule has 0 N–H and O–H groups in total. The fourth-order valence-corrected chi connectivity index (χ4v) is 2.08. The van der Waals surface area contributed by atoms with Crippen LogP contribution >= 0.6 is 22.9 Å². The molecule has 0 aliphatic heterocycles. The summed E-state index contributed by atoms with van der Waals surface area (Å²) in [6.45, 7) is 2.07. The maximum atomic E-state index is 5.85. The molecule has 0 unspecified atom stereocenters. The van der Waals surface area contributed by atoms with Crippen LogP contribution in [-0.2, 0) is 6.42 Å². The fraction of sp³-hybridized carbons (Fsp3) is 0.182. The number of thiazole rings is 1. The molecule has 2 rings (SSSR count). The van der Waals surface area contributed by atoms with E-state index in [1.807, 2.05) is 23.6 Å². The van der Waals surface area contributed by atoms with Gasteiger partial charge < -0.3 is 4.74 Å². The number of halogens is 1. The van der Waals surface area contributed by atoms with Gasteiger partial charge in [0, 0.05) is 10.4 Å². The highest BCUT2D eigenvalue weighted by molar-refractivity contribution is 7.11. The second-order valence-electron chi connectivity index (χ2n) is 3.02. The summed E-state index contributed by atoms with van der Waals surface area (Å²) in [6.07, 6.45) is 0.926. The fourth-order valence-electron chi connectivity index (χ4n) is 1.13. The first-order valence-corrected chi connectivity index (χ1v) is 5.91. The highest BCUT2D eigenvalue weighted by Crippen LogP contribution is 2.26. The SMILES string of the molecule is CCc1csc(Oc2cccc(Cl)c2)n1. The monoisotopic (exact) mass is 239 g/mol. The lowest BCUT2D eigenvalue weighted by Gasteiger charge is -2.00. The predicted octanol–water partition coefficient (Wildman–Crippen LogP) is 4.15. The normalized spacial score (nSPS) is 10.3. The molecule has 4 heteroatoms. The van der Waals surface area contributed by atoms with Crippen LogP contribution in [0.15, 0.2) is 29.6 Å². The Balaban J connectivity index is 2.14.